The van der Waals surface area contributed by atoms with E-state index in [4.69, 9.17) is 4.74 Å². The van der Waals surface area contributed by atoms with Gasteiger partial charge in [-0.1, -0.05) is 6.08 Å². The molecule has 1 unspecified atom stereocenters. The molecule has 4 nitrogen and oxygen atoms in total. The first-order chi connectivity index (χ1) is 7.87. The number of ether oxygens (including phenoxy) is 1. The van der Waals surface area contributed by atoms with Crippen LogP contribution in [0.5, 0.6) is 0 Å². The highest BCUT2D eigenvalue weighted by Gasteiger charge is 2.33. The Labute approximate surface area is 104 Å². The standard InChI is InChI=1S/C13H24N2O2/c1-5-6-13(7-8-14-9-13)10-15-11(16)17-12(2,3)4/h5,14H,1,6-10H2,2-4H3,(H,15,16). The van der Waals surface area contributed by atoms with Gasteiger partial charge < -0.3 is 15.4 Å². The van der Waals surface area contributed by atoms with Crippen molar-refractivity contribution in [2.45, 2.75) is 39.2 Å². The van der Waals surface area contributed by atoms with Gasteiger partial charge in [0.05, 0.1) is 0 Å². The van der Waals surface area contributed by atoms with Gasteiger partial charge in [-0.15, -0.1) is 6.58 Å². The maximum atomic E-state index is 11.6. The summed E-state index contributed by atoms with van der Waals surface area (Å²) < 4.78 is 5.22. The monoisotopic (exact) mass is 240 g/mol. The summed E-state index contributed by atoms with van der Waals surface area (Å²) in [7, 11) is 0. The van der Waals surface area contributed by atoms with Crippen LogP contribution in [0.3, 0.4) is 0 Å². The van der Waals surface area contributed by atoms with Crippen LogP contribution in [0, 0.1) is 5.41 Å². The van der Waals surface area contributed by atoms with Crippen LogP contribution in [0.15, 0.2) is 12.7 Å². The third-order valence-electron chi connectivity index (χ3n) is 2.92. The maximum absolute atomic E-state index is 11.6. The SMILES string of the molecule is C=CCC1(CNC(=O)OC(C)(C)C)CCNC1. The van der Waals surface area contributed by atoms with Crippen molar-refractivity contribution in [1.29, 1.82) is 0 Å². The number of alkyl carbamates (subject to hydrolysis) is 1. The summed E-state index contributed by atoms with van der Waals surface area (Å²) in [6.07, 6.45) is 3.56. The van der Waals surface area contributed by atoms with E-state index in [9.17, 15) is 4.79 Å². The fourth-order valence-corrected chi connectivity index (χ4v) is 2.07. The Morgan fingerprint density at radius 2 is 2.29 bits per heavy atom. The number of allylic oxidation sites excluding steroid dienone is 1. The molecule has 0 aromatic heterocycles. The summed E-state index contributed by atoms with van der Waals surface area (Å²) in [4.78, 5) is 11.6. The van der Waals surface area contributed by atoms with E-state index in [-0.39, 0.29) is 11.5 Å². The Morgan fingerprint density at radius 1 is 1.59 bits per heavy atom. The Morgan fingerprint density at radius 3 is 2.76 bits per heavy atom. The topological polar surface area (TPSA) is 50.4 Å². The maximum Gasteiger partial charge on any atom is 0.407 e. The lowest BCUT2D eigenvalue weighted by Crippen LogP contribution is -2.41. The molecule has 98 valence electrons. The number of amides is 1. The van der Waals surface area contributed by atoms with Crippen molar-refractivity contribution in [1.82, 2.24) is 10.6 Å². The molecule has 0 saturated carbocycles. The van der Waals surface area contributed by atoms with Gasteiger partial charge in [-0.25, -0.2) is 4.79 Å². The van der Waals surface area contributed by atoms with E-state index in [1.54, 1.807) is 0 Å². The van der Waals surface area contributed by atoms with Crippen LogP contribution in [-0.4, -0.2) is 31.3 Å². The molecule has 1 saturated heterocycles. The first-order valence-electron chi connectivity index (χ1n) is 6.15. The van der Waals surface area contributed by atoms with E-state index >= 15 is 0 Å². The smallest absolute Gasteiger partial charge is 0.407 e. The molecule has 0 aromatic carbocycles. The van der Waals surface area contributed by atoms with Crippen molar-refractivity contribution in [2.24, 2.45) is 5.41 Å². The summed E-state index contributed by atoms with van der Waals surface area (Å²) in [6.45, 7) is 11.9. The lowest BCUT2D eigenvalue weighted by atomic mass is 9.83. The van der Waals surface area contributed by atoms with Gasteiger partial charge in [-0.05, 0) is 40.2 Å². The molecule has 1 heterocycles. The average Bonchev–Trinajstić information content (AvgIpc) is 2.62. The molecule has 1 fully saturated rings. The highest BCUT2D eigenvalue weighted by Crippen LogP contribution is 2.29. The number of carbonyl (C=O) groups excluding carboxylic acids is 1. The van der Waals surface area contributed by atoms with E-state index in [1.807, 2.05) is 26.8 Å². The molecule has 1 amide bonds. The minimum Gasteiger partial charge on any atom is -0.444 e. The van der Waals surface area contributed by atoms with Gasteiger partial charge >= 0.3 is 6.09 Å². The summed E-state index contributed by atoms with van der Waals surface area (Å²) >= 11 is 0. The first kappa shape index (κ1) is 14.0. The van der Waals surface area contributed by atoms with Gasteiger partial charge in [-0.2, -0.15) is 0 Å². The van der Waals surface area contributed by atoms with Gasteiger partial charge in [0.15, 0.2) is 0 Å². The Hall–Kier alpha value is -1.03. The quantitative estimate of drug-likeness (QED) is 0.740. The van der Waals surface area contributed by atoms with Gasteiger partial charge in [-0.3, -0.25) is 0 Å². The summed E-state index contributed by atoms with van der Waals surface area (Å²) in [5.74, 6) is 0. The summed E-state index contributed by atoms with van der Waals surface area (Å²) in [6, 6.07) is 0. The van der Waals surface area contributed by atoms with Gasteiger partial charge in [0.2, 0.25) is 0 Å². The van der Waals surface area contributed by atoms with Crippen LogP contribution in [-0.2, 0) is 4.74 Å². The second kappa shape index (κ2) is 5.54. The predicted molar refractivity (Wildman–Crippen MR) is 69.0 cm³/mol. The lowest BCUT2D eigenvalue weighted by molar-refractivity contribution is 0.0503. The normalized spacial score (nSPS) is 24.4. The van der Waals surface area contributed by atoms with Crippen molar-refractivity contribution in [3.63, 3.8) is 0 Å². The number of carbonyl (C=O) groups is 1. The number of hydrogen-bond donors (Lipinski definition) is 2. The minimum atomic E-state index is -0.441. The fourth-order valence-electron chi connectivity index (χ4n) is 2.07. The zero-order chi connectivity index (χ0) is 12.9. The van der Waals surface area contributed by atoms with E-state index in [1.165, 1.54) is 0 Å². The summed E-state index contributed by atoms with van der Waals surface area (Å²) in [5, 5.41) is 6.19. The zero-order valence-electron chi connectivity index (χ0n) is 11.1. The largest absolute Gasteiger partial charge is 0.444 e. The van der Waals surface area contributed by atoms with Gasteiger partial charge in [0.25, 0.3) is 0 Å². The van der Waals surface area contributed by atoms with Crippen LogP contribution in [0.2, 0.25) is 0 Å². The van der Waals surface area contributed by atoms with Crippen LogP contribution in [0.4, 0.5) is 4.79 Å². The Kier molecular flexibility index (Phi) is 4.57. The van der Waals surface area contributed by atoms with Crippen molar-refractivity contribution >= 4 is 6.09 Å². The highest BCUT2D eigenvalue weighted by molar-refractivity contribution is 5.67. The third kappa shape index (κ3) is 4.77. The van der Waals surface area contributed by atoms with Crippen LogP contribution >= 0.6 is 0 Å². The molecular weight excluding hydrogens is 216 g/mol. The molecule has 0 bridgehead atoms. The molecule has 2 N–H and O–H groups in total. The van der Waals surface area contributed by atoms with Gasteiger partial charge in [0.1, 0.15) is 5.60 Å². The third-order valence-corrected chi connectivity index (χ3v) is 2.92. The van der Waals surface area contributed by atoms with Crippen LogP contribution < -0.4 is 10.6 Å². The van der Waals surface area contributed by atoms with Crippen LogP contribution in [0.1, 0.15) is 33.6 Å². The molecule has 1 rings (SSSR count). The lowest BCUT2D eigenvalue weighted by Gasteiger charge is -2.28. The van der Waals surface area contributed by atoms with Crippen LogP contribution in [0.25, 0.3) is 0 Å². The number of hydrogen-bond acceptors (Lipinski definition) is 3. The number of nitrogens with one attached hydrogen (secondary N) is 2. The highest BCUT2D eigenvalue weighted by atomic mass is 16.6. The number of rotatable bonds is 4. The fraction of sp³-hybridized carbons (Fsp3) is 0.769. The molecule has 17 heavy (non-hydrogen) atoms. The van der Waals surface area contributed by atoms with Crippen molar-refractivity contribution < 1.29 is 9.53 Å². The molecule has 1 aliphatic heterocycles. The van der Waals surface area contributed by atoms with E-state index in [0.717, 1.165) is 25.9 Å². The first-order valence-corrected chi connectivity index (χ1v) is 6.15. The van der Waals surface area contributed by atoms with Crippen molar-refractivity contribution in [3.8, 4) is 0 Å². The molecule has 1 atom stereocenters. The Bertz CT molecular complexity index is 276. The van der Waals surface area contributed by atoms with Crippen molar-refractivity contribution in [2.75, 3.05) is 19.6 Å². The molecule has 0 aliphatic carbocycles. The molecule has 0 spiro atoms. The summed E-state index contributed by atoms with van der Waals surface area (Å²) in [5.41, 5.74) is -0.331. The molecule has 4 heteroatoms. The minimum absolute atomic E-state index is 0.110. The van der Waals surface area contributed by atoms with E-state index < -0.39 is 5.60 Å². The molecular formula is C13H24N2O2. The second-order valence-corrected chi connectivity index (χ2v) is 5.78. The molecule has 0 radical (unpaired) electrons. The molecule has 0 aromatic rings. The predicted octanol–water partition coefficient (Wildman–Crippen LogP) is 2.07. The second-order valence-electron chi connectivity index (χ2n) is 5.78. The van der Waals surface area contributed by atoms with Crippen molar-refractivity contribution in [3.05, 3.63) is 12.7 Å². The Balaban J connectivity index is 2.42. The van der Waals surface area contributed by atoms with E-state index in [2.05, 4.69) is 17.2 Å². The average molecular weight is 240 g/mol. The molecule has 1 aliphatic rings. The van der Waals surface area contributed by atoms with Gasteiger partial charge in [0, 0.05) is 18.5 Å². The van der Waals surface area contributed by atoms with E-state index in [0.29, 0.717) is 6.54 Å². The zero-order valence-corrected chi connectivity index (χ0v) is 11.1.